The van der Waals surface area contributed by atoms with Gasteiger partial charge in [0.1, 0.15) is 23.0 Å². The standard InChI is InChI=1S/C39H35F3O7/c1-44-32-16-10-6-8-12-18(16)34(46-3)26-22-14-20(24(26)32)28-30(22)38(39(40,41)42)31-23-15-21(29(31)37(28,49-38)36(43)48-5)25-27(23)35(47-4)19-13-9-7-11-17(19)33(25)45-2/h6-13,20-23,28-31H,14-15H2,1-5H3/t20-,21+,22+,23-,28-,29+,30+,31-,37?,38?. The highest BCUT2D eigenvalue weighted by molar-refractivity contribution is 5.99. The highest BCUT2D eigenvalue weighted by atomic mass is 19.4. The van der Waals surface area contributed by atoms with E-state index < -0.39 is 70.7 Å². The summed E-state index contributed by atoms with van der Waals surface area (Å²) in [6.07, 6.45) is -3.92. The first kappa shape index (κ1) is 29.7. The summed E-state index contributed by atoms with van der Waals surface area (Å²) in [6.45, 7) is 0. The number of carbonyl (C=O) groups excluding carboxylic acids is 1. The topological polar surface area (TPSA) is 72.5 Å². The van der Waals surface area contributed by atoms with Gasteiger partial charge in [-0.05, 0) is 36.5 Å². The van der Waals surface area contributed by atoms with E-state index in [1.165, 1.54) is 7.11 Å². The van der Waals surface area contributed by atoms with E-state index in [2.05, 4.69) is 0 Å². The van der Waals surface area contributed by atoms with Crippen LogP contribution in [0.3, 0.4) is 0 Å². The zero-order chi connectivity index (χ0) is 33.9. The van der Waals surface area contributed by atoms with Gasteiger partial charge >= 0.3 is 12.1 Å². The number of methoxy groups -OCH3 is 5. The fraction of sp³-hybridized carbons (Fsp3) is 0.462. The molecule has 4 fully saturated rings. The number of hydrogen-bond acceptors (Lipinski definition) is 7. The van der Waals surface area contributed by atoms with Crippen LogP contribution in [0.4, 0.5) is 13.2 Å². The predicted octanol–water partition coefficient (Wildman–Crippen LogP) is 7.62. The molecule has 2 saturated carbocycles. The summed E-state index contributed by atoms with van der Waals surface area (Å²) < 4.78 is 85.7. The summed E-state index contributed by atoms with van der Waals surface area (Å²) in [6, 6.07) is 15.3. The zero-order valence-corrected chi connectivity index (χ0v) is 27.6. The molecule has 4 aromatic rings. The highest BCUT2D eigenvalue weighted by Crippen LogP contribution is 2.86. The molecule has 254 valence electrons. The van der Waals surface area contributed by atoms with Crippen LogP contribution in [0.1, 0.15) is 58.8 Å². The van der Waals surface area contributed by atoms with Crippen molar-refractivity contribution in [3.63, 3.8) is 0 Å². The van der Waals surface area contributed by atoms with Gasteiger partial charge in [0, 0.05) is 67.5 Å². The first-order valence-electron chi connectivity index (χ1n) is 16.8. The first-order chi connectivity index (χ1) is 23.7. The van der Waals surface area contributed by atoms with Crippen molar-refractivity contribution in [1.29, 1.82) is 0 Å². The van der Waals surface area contributed by atoms with E-state index >= 15 is 13.2 Å². The van der Waals surface area contributed by atoms with Crippen LogP contribution in [0.15, 0.2) is 48.5 Å². The number of fused-ring (bicyclic) bond motifs is 24. The Balaban J connectivity index is 1.28. The molecule has 10 atom stereocenters. The molecule has 4 aliphatic carbocycles. The van der Waals surface area contributed by atoms with Crippen LogP contribution in [0.5, 0.6) is 23.0 Å². The van der Waals surface area contributed by atoms with E-state index in [0.717, 1.165) is 43.8 Å². The average molecular weight is 673 g/mol. The number of carbonyl (C=O) groups is 1. The molecule has 7 nitrogen and oxygen atoms in total. The van der Waals surface area contributed by atoms with E-state index in [-0.39, 0.29) is 0 Å². The molecule has 0 radical (unpaired) electrons. The minimum Gasteiger partial charge on any atom is -0.496 e. The van der Waals surface area contributed by atoms with Gasteiger partial charge in [-0.1, -0.05) is 48.5 Å². The summed E-state index contributed by atoms with van der Waals surface area (Å²) in [4.78, 5) is 14.5. The predicted molar refractivity (Wildman–Crippen MR) is 173 cm³/mol. The van der Waals surface area contributed by atoms with E-state index in [9.17, 15) is 4.79 Å². The van der Waals surface area contributed by atoms with E-state index in [0.29, 0.717) is 35.8 Å². The van der Waals surface area contributed by atoms with E-state index in [1.54, 1.807) is 28.4 Å². The number of esters is 1. The van der Waals surface area contributed by atoms with Crippen LogP contribution in [0, 0.1) is 23.7 Å². The number of hydrogen-bond donors (Lipinski definition) is 0. The van der Waals surface area contributed by atoms with Gasteiger partial charge in [-0.15, -0.1) is 0 Å². The van der Waals surface area contributed by atoms with E-state index in [4.69, 9.17) is 28.4 Å². The SMILES string of the molecule is COC(=O)C12OC(C(F)(F)F)([C@@H]3[C@H]1[C@@H]1C[C@H]3c3c1c(OC)c1ccccc1c3OC)[C@H]1[C@@H]2[C@H]2C[C@@H]1c1c2c(OC)c2ccccc2c1OC. The van der Waals surface area contributed by atoms with Crippen LogP contribution >= 0.6 is 0 Å². The van der Waals surface area contributed by atoms with Gasteiger partial charge in [0.05, 0.1) is 35.5 Å². The molecular weight excluding hydrogens is 637 g/mol. The molecule has 10 rings (SSSR count). The molecular formula is C39H35F3O7. The monoisotopic (exact) mass is 672 g/mol. The Hall–Kier alpha value is -4.18. The van der Waals surface area contributed by atoms with Crippen LogP contribution < -0.4 is 18.9 Å². The normalized spacial score (nSPS) is 35.3. The molecule has 0 spiro atoms. The third kappa shape index (κ3) is 2.96. The van der Waals surface area contributed by atoms with Crippen LogP contribution in [-0.2, 0) is 14.3 Å². The number of benzene rings is 4. The third-order valence-electron chi connectivity index (χ3n) is 13.5. The fourth-order valence-electron chi connectivity index (χ4n) is 12.7. The van der Waals surface area contributed by atoms with Gasteiger partial charge in [0.2, 0.25) is 0 Å². The van der Waals surface area contributed by atoms with Gasteiger partial charge in [0.15, 0.2) is 11.2 Å². The Bertz CT molecular complexity index is 2010. The van der Waals surface area contributed by atoms with Crippen LogP contribution in [-0.4, -0.2) is 58.9 Å². The van der Waals surface area contributed by atoms with Crippen LogP contribution in [0.25, 0.3) is 21.5 Å². The van der Waals surface area contributed by atoms with Crippen molar-refractivity contribution in [2.45, 2.75) is 53.9 Å². The maximum atomic E-state index is 16.4. The van der Waals surface area contributed by atoms with Gasteiger partial charge in [-0.2, -0.15) is 13.2 Å². The largest absolute Gasteiger partial charge is 0.496 e. The molecule has 0 N–H and O–H groups in total. The lowest BCUT2D eigenvalue weighted by Gasteiger charge is -2.51. The third-order valence-corrected chi connectivity index (χ3v) is 13.5. The molecule has 2 aliphatic heterocycles. The number of halogens is 3. The second kappa shape index (κ2) is 9.33. The fourth-order valence-corrected chi connectivity index (χ4v) is 12.7. The Kier molecular flexibility index (Phi) is 5.65. The minimum absolute atomic E-state index is 0.436. The molecule has 4 aromatic carbocycles. The smallest absolute Gasteiger partial charge is 0.418 e. The van der Waals surface area contributed by atoms with Crippen molar-refractivity contribution in [1.82, 2.24) is 0 Å². The van der Waals surface area contributed by atoms with E-state index in [1.807, 2.05) is 48.5 Å². The second-order valence-corrected chi connectivity index (χ2v) is 14.6. The quantitative estimate of drug-likeness (QED) is 0.202. The molecule has 49 heavy (non-hydrogen) atoms. The van der Waals surface area contributed by atoms with Crippen molar-refractivity contribution in [3.8, 4) is 23.0 Å². The molecule has 6 aliphatic rings. The summed E-state index contributed by atoms with van der Waals surface area (Å²) in [5.41, 5.74) is -1.29. The maximum Gasteiger partial charge on any atom is 0.418 e. The summed E-state index contributed by atoms with van der Waals surface area (Å²) >= 11 is 0. The Labute approximate surface area is 280 Å². The van der Waals surface area contributed by atoms with Crippen molar-refractivity contribution >= 4 is 27.5 Å². The average Bonchev–Trinajstić information content (AvgIpc) is 3.95. The molecule has 2 unspecified atom stereocenters. The lowest BCUT2D eigenvalue weighted by molar-refractivity contribution is -0.291. The van der Waals surface area contributed by atoms with Gasteiger partial charge < -0.3 is 28.4 Å². The van der Waals surface area contributed by atoms with Gasteiger partial charge in [0.25, 0.3) is 0 Å². The van der Waals surface area contributed by atoms with Crippen molar-refractivity contribution in [2.75, 3.05) is 35.5 Å². The molecule has 2 saturated heterocycles. The molecule has 0 amide bonds. The van der Waals surface area contributed by atoms with Crippen molar-refractivity contribution in [3.05, 3.63) is 70.8 Å². The zero-order valence-electron chi connectivity index (χ0n) is 27.6. The first-order valence-corrected chi connectivity index (χ1v) is 16.8. The maximum absolute atomic E-state index is 16.4. The second-order valence-electron chi connectivity index (χ2n) is 14.6. The van der Waals surface area contributed by atoms with Crippen molar-refractivity contribution in [2.24, 2.45) is 23.7 Å². The lowest BCUT2D eigenvalue weighted by atomic mass is 9.49. The molecule has 10 heteroatoms. The summed E-state index contributed by atoms with van der Waals surface area (Å²) in [5.74, 6) is -3.99. The lowest BCUT2D eigenvalue weighted by Crippen LogP contribution is -2.61. The van der Waals surface area contributed by atoms with Crippen LogP contribution in [0.2, 0.25) is 0 Å². The molecule has 2 heterocycles. The number of alkyl halides is 3. The summed E-state index contributed by atoms with van der Waals surface area (Å²) in [7, 11) is 7.58. The number of rotatable bonds is 5. The van der Waals surface area contributed by atoms with Crippen molar-refractivity contribution < 1.29 is 46.4 Å². The molecule has 0 aromatic heterocycles. The molecule has 6 bridgehead atoms. The minimum atomic E-state index is -4.79. The Morgan fingerprint density at radius 2 is 0.939 bits per heavy atom. The highest BCUT2D eigenvalue weighted by Gasteiger charge is 2.93. The van der Waals surface area contributed by atoms with Gasteiger partial charge in [-0.3, -0.25) is 0 Å². The summed E-state index contributed by atoms with van der Waals surface area (Å²) in [5, 5.41) is 3.21. The Morgan fingerprint density at radius 3 is 1.22 bits per heavy atom. The number of ether oxygens (including phenoxy) is 6. The van der Waals surface area contributed by atoms with Gasteiger partial charge in [-0.25, -0.2) is 4.79 Å². The Morgan fingerprint density at radius 1 is 0.612 bits per heavy atom.